The van der Waals surface area contributed by atoms with Crippen LogP contribution in [-0.4, -0.2) is 43.0 Å². The first-order chi connectivity index (χ1) is 16.1. The topological polar surface area (TPSA) is 127 Å². The number of ether oxygens (including phenoxy) is 2. The third kappa shape index (κ3) is 4.35. The number of carbonyl (C=O) groups excluding carboxylic acids is 1. The molecule has 0 radical (unpaired) electrons. The predicted octanol–water partition coefficient (Wildman–Crippen LogP) is 2.88. The largest absolute Gasteiger partial charge is 0.485 e. The summed E-state index contributed by atoms with van der Waals surface area (Å²) in [5.74, 6) is 1.86. The maximum atomic E-state index is 12.5. The zero-order chi connectivity index (χ0) is 22.8. The third-order valence-corrected chi connectivity index (χ3v) is 5.95. The number of fused-ring (bicyclic) bond motifs is 2. The lowest BCUT2D eigenvalue weighted by Gasteiger charge is -2.26. The minimum atomic E-state index is -0.425. The second-order valence-electron chi connectivity index (χ2n) is 7.28. The van der Waals surface area contributed by atoms with Crippen molar-refractivity contribution in [2.24, 2.45) is 0 Å². The molecule has 168 valence electrons. The molecule has 1 aliphatic heterocycles. The first-order valence-electron chi connectivity index (χ1n) is 10.2. The Labute approximate surface area is 192 Å². The molecule has 33 heavy (non-hydrogen) atoms. The number of aromatic amines is 2. The highest BCUT2D eigenvalue weighted by Crippen LogP contribution is 2.36. The lowest BCUT2D eigenvalue weighted by molar-refractivity contribution is -0.113. The van der Waals surface area contributed by atoms with Gasteiger partial charge in [-0.3, -0.25) is 9.36 Å². The Morgan fingerprint density at radius 3 is 2.88 bits per heavy atom. The lowest BCUT2D eigenvalue weighted by Crippen LogP contribution is -2.25. The fourth-order valence-electron chi connectivity index (χ4n) is 3.53. The number of allylic oxidation sites excluding steroid dienone is 1. The third-order valence-electron chi connectivity index (χ3n) is 4.99. The van der Waals surface area contributed by atoms with Gasteiger partial charge in [0, 0.05) is 12.2 Å². The van der Waals surface area contributed by atoms with Crippen molar-refractivity contribution in [2.45, 2.75) is 17.8 Å². The fourth-order valence-corrected chi connectivity index (χ4v) is 4.28. The maximum Gasteiger partial charge on any atom is 0.323 e. The molecule has 0 bridgehead atoms. The number of hydrogen-bond acceptors (Lipinski definition) is 7. The number of para-hydroxylation sites is 2. The molecule has 1 aliphatic rings. The van der Waals surface area contributed by atoms with Gasteiger partial charge in [0.2, 0.25) is 5.91 Å². The summed E-state index contributed by atoms with van der Waals surface area (Å²) in [6, 6.07) is 12.6. The number of nitrogens with zero attached hydrogens (tertiary/aromatic N) is 3. The monoisotopic (exact) mass is 464 g/mol. The molecule has 3 heterocycles. The summed E-state index contributed by atoms with van der Waals surface area (Å²) in [6.07, 6.45) is 1.31. The molecule has 4 aromatic rings. The van der Waals surface area contributed by atoms with E-state index >= 15 is 0 Å². The number of thioether (sulfide) groups is 1. The molecule has 2 aromatic carbocycles. The molecule has 0 aliphatic carbocycles. The molecule has 5 rings (SSSR count). The van der Waals surface area contributed by atoms with E-state index in [2.05, 4.69) is 32.1 Å². The van der Waals surface area contributed by atoms with Crippen molar-refractivity contribution in [1.29, 1.82) is 0 Å². The number of hydrogen-bond donors (Lipinski definition) is 3. The number of benzene rings is 2. The van der Waals surface area contributed by atoms with Crippen molar-refractivity contribution < 1.29 is 14.3 Å². The summed E-state index contributed by atoms with van der Waals surface area (Å²) >= 11 is 1.26. The van der Waals surface area contributed by atoms with Crippen molar-refractivity contribution >= 4 is 34.4 Å². The van der Waals surface area contributed by atoms with Crippen LogP contribution in [0.1, 0.15) is 11.9 Å². The van der Waals surface area contributed by atoms with Crippen LogP contribution in [0.4, 0.5) is 5.69 Å². The van der Waals surface area contributed by atoms with Gasteiger partial charge < -0.3 is 24.8 Å². The molecule has 0 saturated heterocycles. The minimum Gasteiger partial charge on any atom is -0.485 e. The molecular weight excluding hydrogens is 444 g/mol. The number of rotatable bonds is 7. The first-order valence-corrected chi connectivity index (χ1v) is 11.2. The fraction of sp³-hybridized carbons (Fsp3) is 0.182. The van der Waals surface area contributed by atoms with E-state index in [1.54, 1.807) is 24.3 Å². The molecule has 10 nitrogen and oxygen atoms in total. The summed E-state index contributed by atoms with van der Waals surface area (Å²) in [7, 11) is 0. The molecule has 0 unspecified atom stereocenters. The van der Waals surface area contributed by atoms with E-state index in [9.17, 15) is 9.59 Å². The van der Waals surface area contributed by atoms with Crippen LogP contribution >= 0.6 is 11.8 Å². The van der Waals surface area contributed by atoms with Crippen molar-refractivity contribution in [3.8, 4) is 11.5 Å². The number of aromatic nitrogens is 5. The molecule has 0 spiro atoms. The van der Waals surface area contributed by atoms with Gasteiger partial charge >= 0.3 is 5.69 Å². The Balaban J connectivity index is 1.27. The Morgan fingerprint density at radius 1 is 1.21 bits per heavy atom. The molecule has 1 atom stereocenters. The van der Waals surface area contributed by atoms with Gasteiger partial charge in [-0.1, -0.05) is 30.0 Å². The van der Waals surface area contributed by atoms with Gasteiger partial charge in [0.25, 0.3) is 0 Å². The van der Waals surface area contributed by atoms with Crippen LogP contribution < -0.4 is 20.5 Å². The van der Waals surface area contributed by atoms with Crippen LogP contribution in [0.3, 0.4) is 0 Å². The molecule has 0 fully saturated rings. The summed E-state index contributed by atoms with van der Waals surface area (Å²) in [6.45, 7) is 4.58. The highest BCUT2D eigenvalue weighted by Gasteiger charge is 2.28. The number of anilines is 1. The van der Waals surface area contributed by atoms with E-state index in [0.29, 0.717) is 52.4 Å². The second kappa shape index (κ2) is 8.87. The minimum absolute atomic E-state index is 0.127. The predicted molar refractivity (Wildman–Crippen MR) is 124 cm³/mol. The Morgan fingerprint density at radius 2 is 2.03 bits per heavy atom. The summed E-state index contributed by atoms with van der Waals surface area (Å²) in [5, 5.41) is 12.0. The van der Waals surface area contributed by atoms with E-state index in [1.165, 1.54) is 11.8 Å². The molecular formula is C22H20N6O4S. The van der Waals surface area contributed by atoms with E-state index in [1.807, 2.05) is 28.8 Å². The van der Waals surface area contributed by atoms with Crippen LogP contribution in [0.5, 0.6) is 11.5 Å². The van der Waals surface area contributed by atoms with Gasteiger partial charge in [-0.25, -0.2) is 4.79 Å². The Bertz CT molecular complexity index is 1390. The molecule has 1 amide bonds. The van der Waals surface area contributed by atoms with E-state index < -0.39 is 6.10 Å². The maximum absolute atomic E-state index is 12.5. The van der Waals surface area contributed by atoms with E-state index in [-0.39, 0.29) is 17.3 Å². The second-order valence-corrected chi connectivity index (χ2v) is 8.22. The van der Waals surface area contributed by atoms with Crippen molar-refractivity contribution in [3.63, 3.8) is 0 Å². The van der Waals surface area contributed by atoms with Gasteiger partial charge in [-0.15, -0.1) is 16.8 Å². The summed E-state index contributed by atoms with van der Waals surface area (Å²) in [4.78, 5) is 29.2. The van der Waals surface area contributed by atoms with Gasteiger partial charge in [-0.2, -0.15) is 0 Å². The molecule has 11 heteroatoms. The van der Waals surface area contributed by atoms with Crippen LogP contribution in [-0.2, 0) is 11.3 Å². The van der Waals surface area contributed by atoms with Gasteiger partial charge in [-0.05, 0) is 30.3 Å². The van der Waals surface area contributed by atoms with Gasteiger partial charge in [0.1, 0.15) is 6.61 Å². The number of H-pyrrole nitrogens is 2. The van der Waals surface area contributed by atoms with Crippen LogP contribution in [0.15, 0.2) is 65.1 Å². The van der Waals surface area contributed by atoms with Crippen molar-refractivity contribution in [2.75, 3.05) is 17.7 Å². The zero-order valence-corrected chi connectivity index (χ0v) is 18.2. The van der Waals surface area contributed by atoms with E-state index in [4.69, 9.17) is 9.47 Å². The molecule has 0 saturated carbocycles. The summed E-state index contributed by atoms with van der Waals surface area (Å²) in [5.41, 5.74) is 1.59. The number of amides is 1. The van der Waals surface area contributed by atoms with Crippen LogP contribution in [0.2, 0.25) is 0 Å². The first kappa shape index (κ1) is 20.9. The highest BCUT2D eigenvalue weighted by molar-refractivity contribution is 7.99. The normalized spacial score (nSPS) is 14.8. The smallest absolute Gasteiger partial charge is 0.323 e. The average molecular weight is 465 g/mol. The Hall–Kier alpha value is -3.99. The van der Waals surface area contributed by atoms with Gasteiger partial charge in [0.05, 0.1) is 16.8 Å². The highest BCUT2D eigenvalue weighted by atomic mass is 32.2. The molecule has 3 N–H and O–H groups in total. The van der Waals surface area contributed by atoms with Crippen molar-refractivity contribution in [1.82, 2.24) is 24.7 Å². The van der Waals surface area contributed by atoms with Crippen LogP contribution in [0, 0.1) is 0 Å². The standard InChI is InChI=1S/C22H20N6O4S/c1-2-9-28-20(18-11-31-16-5-3-4-6-17(16)32-18)26-27-22(28)33-12-19(29)23-13-7-8-14-15(10-13)25-21(30)24-14/h2-8,10,18H,1,9,11-12H2,(H,23,29)(H2,24,25,30)/t18-/m1/s1. The zero-order valence-electron chi connectivity index (χ0n) is 17.4. The van der Waals surface area contributed by atoms with Crippen LogP contribution in [0.25, 0.3) is 11.0 Å². The Kier molecular flexibility index (Phi) is 5.61. The molecule has 2 aromatic heterocycles. The number of carbonyl (C=O) groups is 1. The summed E-state index contributed by atoms with van der Waals surface area (Å²) < 4.78 is 13.7. The lowest BCUT2D eigenvalue weighted by atomic mass is 10.2. The quantitative estimate of drug-likeness (QED) is 0.283. The van der Waals surface area contributed by atoms with E-state index in [0.717, 1.165) is 0 Å². The number of nitrogens with one attached hydrogen (secondary N) is 3. The average Bonchev–Trinajstić information content (AvgIpc) is 3.39. The van der Waals surface area contributed by atoms with Gasteiger partial charge in [0.15, 0.2) is 28.6 Å². The SMILES string of the molecule is C=CCn1c(SCC(=O)Nc2ccc3[nH]c(=O)[nH]c3c2)nnc1[C@H]1COc2ccccc2O1. The number of imidazole rings is 1. The van der Waals surface area contributed by atoms with Crippen molar-refractivity contribution in [3.05, 3.63) is 71.4 Å².